The molecule has 0 unspecified atom stereocenters. The highest BCUT2D eigenvalue weighted by Crippen LogP contribution is 2.25. The van der Waals surface area contributed by atoms with E-state index in [9.17, 15) is 9.18 Å². The highest BCUT2D eigenvalue weighted by Gasteiger charge is 2.24. The summed E-state index contributed by atoms with van der Waals surface area (Å²) in [6.45, 7) is 10.9. The van der Waals surface area contributed by atoms with Gasteiger partial charge >= 0.3 is 0 Å². The standard InChI is InChI=1S/C21H26FN5O2/c1-6-26(12-9-18-25-19(14(2)29-18)21(3,4)5)20(28)16-13-15(22)7-8-17(16)27-23-10-11-24-27/h7-8,10-11,13H,6,9,12H2,1-5H3. The minimum atomic E-state index is -0.488. The number of carbonyl (C=O) groups excluding carboxylic acids is 1. The molecule has 2 heterocycles. The van der Waals surface area contributed by atoms with Gasteiger partial charge in [0.1, 0.15) is 11.6 Å². The molecule has 0 aliphatic heterocycles. The number of hydrogen-bond acceptors (Lipinski definition) is 5. The molecule has 0 aliphatic carbocycles. The first-order valence-electron chi connectivity index (χ1n) is 9.63. The first-order chi connectivity index (χ1) is 13.7. The summed E-state index contributed by atoms with van der Waals surface area (Å²) in [5, 5.41) is 8.12. The van der Waals surface area contributed by atoms with Gasteiger partial charge in [0.25, 0.3) is 5.91 Å². The van der Waals surface area contributed by atoms with Gasteiger partial charge in [0, 0.05) is 24.9 Å². The van der Waals surface area contributed by atoms with Crippen molar-refractivity contribution in [1.29, 1.82) is 0 Å². The number of benzene rings is 1. The molecule has 2 aromatic heterocycles. The number of halogens is 1. The van der Waals surface area contributed by atoms with Gasteiger partial charge in [0.15, 0.2) is 5.89 Å². The third-order valence-corrected chi connectivity index (χ3v) is 4.64. The van der Waals surface area contributed by atoms with Crippen LogP contribution in [0.5, 0.6) is 0 Å². The van der Waals surface area contributed by atoms with Crippen molar-refractivity contribution in [3.8, 4) is 5.69 Å². The Bertz CT molecular complexity index is 989. The smallest absolute Gasteiger partial charge is 0.256 e. The van der Waals surface area contributed by atoms with Gasteiger partial charge in [-0.2, -0.15) is 15.0 Å². The summed E-state index contributed by atoms with van der Waals surface area (Å²) in [4.78, 5) is 20.7. The van der Waals surface area contributed by atoms with Crippen molar-refractivity contribution in [2.45, 2.75) is 46.5 Å². The van der Waals surface area contributed by atoms with E-state index in [1.165, 1.54) is 35.4 Å². The molecule has 0 bridgehead atoms. The van der Waals surface area contributed by atoms with Crippen LogP contribution in [0.3, 0.4) is 0 Å². The number of rotatable bonds is 6. The lowest BCUT2D eigenvalue weighted by Crippen LogP contribution is -2.33. The summed E-state index contributed by atoms with van der Waals surface area (Å²) in [6, 6.07) is 4.01. The Morgan fingerprint density at radius 1 is 1.24 bits per heavy atom. The van der Waals surface area contributed by atoms with E-state index < -0.39 is 5.82 Å². The fourth-order valence-corrected chi connectivity index (χ4v) is 3.25. The Balaban J connectivity index is 1.81. The number of aromatic nitrogens is 4. The zero-order chi connectivity index (χ0) is 21.2. The van der Waals surface area contributed by atoms with E-state index in [0.717, 1.165) is 11.5 Å². The number of carbonyl (C=O) groups is 1. The highest BCUT2D eigenvalue weighted by atomic mass is 19.1. The summed E-state index contributed by atoms with van der Waals surface area (Å²) in [5.41, 5.74) is 1.45. The lowest BCUT2D eigenvalue weighted by Gasteiger charge is -2.21. The molecule has 0 saturated carbocycles. The average molecular weight is 399 g/mol. The Morgan fingerprint density at radius 3 is 2.52 bits per heavy atom. The average Bonchev–Trinajstić information content (AvgIpc) is 3.31. The van der Waals surface area contributed by atoms with Crippen LogP contribution in [-0.2, 0) is 11.8 Å². The van der Waals surface area contributed by atoms with Crippen molar-refractivity contribution >= 4 is 5.91 Å². The molecular formula is C21H26FN5O2. The van der Waals surface area contributed by atoms with Gasteiger partial charge in [-0.1, -0.05) is 20.8 Å². The maximum absolute atomic E-state index is 13.9. The number of amides is 1. The van der Waals surface area contributed by atoms with Crippen molar-refractivity contribution in [1.82, 2.24) is 24.9 Å². The maximum Gasteiger partial charge on any atom is 0.256 e. The Hall–Kier alpha value is -3.03. The molecule has 0 saturated heterocycles. The van der Waals surface area contributed by atoms with Gasteiger partial charge in [-0.05, 0) is 32.0 Å². The normalized spacial score (nSPS) is 11.7. The van der Waals surface area contributed by atoms with E-state index in [2.05, 4.69) is 36.0 Å². The summed E-state index contributed by atoms with van der Waals surface area (Å²) < 4.78 is 19.7. The molecule has 7 nitrogen and oxygen atoms in total. The van der Waals surface area contributed by atoms with E-state index in [1.807, 2.05) is 13.8 Å². The Morgan fingerprint density at radius 2 is 1.93 bits per heavy atom. The fraction of sp³-hybridized carbons (Fsp3) is 0.429. The molecule has 0 radical (unpaired) electrons. The van der Waals surface area contributed by atoms with Crippen molar-refractivity contribution in [3.05, 3.63) is 59.3 Å². The highest BCUT2D eigenvalue weighted by molar-refractivity contribution is 5.97. The first-order valence-corrected chi connectivity index (χ1v) is 9.63. The van der Waals surface area contributed by atoms with Crippen LogP contribution in [-0.4, -0.2) is 43.9 Å². The van der Waals surface area contributed by atoms with Gasteiger partial charge in [-0.3, -0.25) is 4.79 Å². The van der Waals surface area contributed by atoms with E-state index in [-0.39, 0.29) is 16.9 Å². The fourth-order valence-electron chi connectivity index (χ4n) is 3.25. The first kappa shape index (κ1) is 20.7. The molecule has 0 N–H and O–H groups in total. The van der Waals surface area contributed by atoms with Gasteiger partial charge < -0.3 is 9.32 Å². The SMILES string of the molecule is CCN(CCc1nc(C(C)(C)C)c(C)o1)C(=O)c1cc(F)ccc1-n1nccn1. The summed E-state index contributed by atoms with van der Waals surface area (Å²) in [7, 11) is 0. The predicted octanol–water partition coefficient (Wildman–Crippen LogP) is 3.71. The van der Waals surface area contributed by atoms with Crippen LogP contribution in [0.15, 0.2) is 35.0 Å². The number of likely N-dealkylation sites (N-methyl/N-ethyl adjacent to an activating group) is 1. The number of aryl methyl sites for hydroxylation is 1. The van der Waals surface area contributed by atoms with Gasteiger partial charge in [0.05, 0.1) is 29.3 Å². The number of hydrogen-bond donors (Lipinski definition) is 0. The van der Waals surface area contributed by atoms with Crippen LogP contribution in [0, 0.1) is 12.7 Å². The summed E-state index contributed by atoms with van der Waals surface area (Å²) >= 11 is 0. The van der Waals surface area contributed by atoms with Gasteiger partial charge in [-0.25, -0.2) is 9.37 Å². The monoisotopic (exact) mass is 399 g/mol. The molecular weight excluding hydrogens is 373 g/mol. The predicted molar refractivity (Wildman–Crippen MR) is 107 cm³/mol. The summed E-state index contributed by atoms with van der Waals surface area (Å²) in [6.07, 6.45) is 3.49. The van der Waals surface area contributed by atoms with Gasteiger partial charge in [-0.15, -0.1) is 0 Å². The van der Waals surface area contributed by atoms with Crippen LogP contribution >= 0.6 is 0 Å². The van der Waals surface area contributed by atoms with Crippen molar-refractivity contribution in [3.63, 3.8) is 0 Å². The second-order valence-electron chi connectivity index (χ2n) is 7.88. The second-order valence-corrected chi connectivity index (χ2v) is 7.88. The van der Waals surface area contributed by atoms with Crippen LogP contribution in [0.1, 0.15) is 55.4 Å². The molecule has 3 aromatic rings. The Labute approximate surface area is 169 Å². The maximum atomic E-state index is 13.9. The molecule has 3 rings (SSSR count). The molecule has 0 spiro atoms. The molecule has 1 amide bonds. The quantitative estimate of drug-likeness (QED) is 0.632. The van der Waals surface area contributed by atoms with E-state index in [0.29, 0.717) is 31.1 Å². The number of oxazole rings is 1. The minimum Gasteiger partial charge on any atom is -0.446 e. The largest absolute Gasteiger partial charge is 0.446 e. The lowest BCUT2D eigenvalue weighted by molar-refractivity contribution is 0.0763. The number of nitrogens with zero attached hydrogens (tertiary/aromatic N) is 5. The topological polar surface area (TPSA) is 77.0 Å². The van der Waals surface area contributed by atoms with Crippen LogP contribution < -0.4 is 0 Å². The minimum absolute atomic E-state index is 0.112. The third-order valence-electron chi connectivity index (χ3n) is 4.64. The van der Waals surface area contributed by atoms with Crippen LogP contribution in [0.4, 0.5) is 4.39 Å². The molecule has 8 heteroatoms. The van der Waals surface area contributed by atoms with Gasteiger partial charge in [0.2, 0.25) is 0 Å². The molecule has 0 aliphatic rings. The van der Waals surface area contributed by atoms with Crippen LogP contribution in [0.2, 0.25) is 0 Å². The van der Waals surface area contributed by atoms with E-state index in [4.69, 9.17) is 4.42 Å². The van der Waals surface area contributed by atoms with Crippen molar-refractivity contribution in [2.75, 3.05) is 13.1 Å². The molecule has 0 fully saturated rings. The lowest BCUT2D eigenvalue weighted by atomic mass is 9.91. The zero-order valence-electron chi connectivity index (χ0n) is 17.4. The van der Waals surface area contributed by atoms with E-state index >= 15 is 0 Å². The van der Waals surface area contributed by atoms with Crippen molar-refractivity contribution < 1.29 is 13.6 Å². The molecule has 1 aromatic carbocycles. The van der Waals surface area contributed by atoms with E-state index in [1.54, 1.807) is 4.90 Å². The second kappa shape index (κ2) is 8.14. The Kier molecular flexibility index (Phi) is 5.81. The zero-order valence-corrected chi connectivity index (χ0v) is 17.4. The van der Waals surface area contributed by atoms with Crippen LogP contribution in [0.25, 0.3) is 5.69 Å². The molecule has 154 valence electrons. The van der Waals surface area contributed by atoms with Crippen molar-refractivity contribution in [2.24, 2.45) is 0 Å². The molecule has 0 atom stereocenters. The summed E-state index contributed by atoms with van der Waals surface area (Å²) in [5.74, 6) is 0.600. The third kappa shape index (κ3) is 4.52. The molecule has 29 heavy (non-hydrogen) atoms.